The smallest absolute Gasteiger partial charge is 0.0769 e. The molecule has 4 nitrogen and oxygen atoms in total. The Morgan fingerprint density at radius 2 is 2.46 bits per heavy atom. The monoisotopic (exact) mass is 181 g/mol. The summed E-state index contributed by atoms with van der Waals surface area (Å²) in [7, 11) is 1.69. The topological polar surface area (TPSA) is 47.0 Å². The highest BCUT2D eigenvalue weighted by Gasteiger charge is 2.00. The molecular weight excluding hydrogens is 166 g/mol. The Kier molecular flexibility index (Phi) is 4.35. The van der Waals surface area contributed by atoms with Crippen molar-refractivity contribution in [1.82, 2.24) is 15.5 Å². The normalized spacial score (nSPS) is 12.8. The fourth-order valence-corrected chi connectivity index (χ4v) is 1.02. The van der Waals surface area contributed by atoms with E-state index < -0.39 is 0 Å². The van der Waals surface area contributed by atoms with Crippen LogP contribution in [0, 0.1) is 0 Å². The fraction of sp³-hybridized carbons (Fsp3) is 0.556. The van der Waals surface area contributed by atoms with Gasteiger partial charge in [-0.15, -0.1) is 0 Å². The van der Waals surface area contributed by atoms with Crippen molar-refractivity contribution in [2.45, 2.75) is 19.5 Å². The molecule has 1 atom stereocenters. The molecule has 0 aliphatic carbocycles. The van der Waals surface area contributed by atoms with Crippen LogP contribution < -0.4 is 5.32 Å². The highest BCUT2D eigenvalue weighted by molar-refractivity contribution is 4.98. The van der Waals surface area contributed by atoms with Gasteiger partial charge in [0, 0.05) is 25.9 Å². The molecule has 1 N–H and O–H groups in total. The van der Waals surface area contributed by atoms with E-state index in [4.69, 9.17) is 4.74 Å². The molecule has 1 heterocycles. The van der Waals surface area contributed by atoms with Crippen LogP contribution in [0.2, 0.25) is 0 Å². The van der Waals surface area contributed by atoms with E-state index in [1.54, 1.807) is 13.3 Å². The second-order valence-electron chi connectivity index (χ2n) is 2.95. The van der Waals surface area contributed by atoms with Crippen LogP contribution in [0.15, 0.2) is 18.3 Å². The van der Waals surface area contributed by atoms with Gasteiger partial charge in [0.05, 0.1) is 12.3 Å². The number of hydrogen-bond acceptors (Lipinski definition) is 4. The summed E-state index contributed by atoms with van der Waals surface area (Å²) in [6.45, 7) is 3.51. The van der Waals surface area contributed by atoms with Crippen molar-refractivity contribution in [3.8, 4) is 0 Å². The van der Waals surface area contributed by atoms with Gasteiger partial charge in [0.1, 0.15) is 0 Å². The molecule has 72 valence electrons. The number of nitrogens with one attached hydrogen (secondary N) is 1. The van der Waals surface area contributed by atoms with Crippen molar-refractivity contribution in [2.75, 3.05) is 13.7 Å². The van der Waals surface area contributed by atoms with Crippen molar-refractivity contribution >= 4 is 0 Å². The minimum Gasteiger partial charge on any atom is -0.383 e. The highest BCUT2D eigenvalue weighted by atomic mass is 16.5. The maximum Gasteiger partial charge on any atom is 0.0769 e. The third kappa shape index (κ3) is 3.96. The average molecular weight is 181 g/mol. The van der Waals surface area contributed by atoms with Crippen LogP contribution in [-0.4, -0.2) is 30.0 Å². The molecule has 13 heavy (non-hydrogen) atoms. The van der Waals surface area contributed by atoms with Crippen molar-refractivity contribution in [3.63, 3.8) is 0 Å². The summed E-state index contributed by atoms with van der Waals surface area (Å²) in [5.74, 6) is 0. The molecule has 1 unspecified atom stereocenters. The molecule has 0 aliphatic heterocycles. The van der Waals surface area contributed by atoms with Gasteiger partial charge in [0.25, 0.3) is 0 Å². The summed E-state index contributed by atoms with van der Waals surface area (Å²) in [6, 6.07) is 4.16. The van der Waals surface area contributed by atoms with Crippen LogP contribution in [0.3, 0.4) is 0 Å². The predicted octanol–water partition coefficient (Wildman–Crippen LogP) is 0.601. The second-order valence-corrected chi connectivity index (χ2v) is 2.95. The van der Waals surface area contributed by atoms with E-state index in [0.29, 0.717) is 12.6 Å². The molecule has 0 aliphatic rings. The van der Waals surface area contributed by atoms with E-state index in [1.807, 2.05) is 12.1 Å². The molecule has 0 amide bonds. The van der Waals surface area contributed by atoms with Crippen LogP contribution in [-0.2, 0) is 11.3 Å². The first-order chi connectivity index (χ1) is 6.33. The predicted molar refractivity (Wildman–Crippen MR) is 50.2 cm³/mol. The molecule has 0 radical (unpaired) electrons. The van der Waals surface area contributed by atoms with Gasteiger partial charge in [0.15, 0.2) is 0 Å². The van der Waals surface area contributed by atoms with E-state index in [0.717, 1.165) is 12.2 Å². The van der Waals surface area contributed by atoms with Gasteiger partial charge in [-0.25, -0.2) is 0 Å². The Morgan fingerprint density at radius 1 is 1.62 bits per heavy atom. The van der Waals surface area contributed by atoms with Crippen molar-refractivity contribution in [3.05, 3.63) is 24.0 Å². The highest BCUT2D eigenvalue weighted by Crippen LogP contribution is 1.91. The standard InChI is InChI=1S/C9H15N3O/c1-8(7-13-2)10-6-9-4-3-5-11-12-9/h3-5,8,10H,6-7H2,1-2H3. The van der Waals surface area contributed by atoms with E-state index in [2.05, 4.69) is 22.4 Å². The Morgan fingerprint density at radius 3 is 3.08 bits per heavy atom. The molecule has 1 aromatic heterocycles. The summed E-state index contributed by atoms with van der Waals surface area (Å²) in [5.41, 5.74) is 0.949. The largest absolute Gasteiger partial charge is 0.383 e. The number of nitrogens with zero attached hydrogens (tertiary/aromatic N) is 2. The fourth-order valence-electron chi connectivity index (χ4n) is 1.02. The van der Waals surface area contributed by atoms with Crippen molar-refractivity contribution in [2.24, 2.45) is 0 Å². The Balaban J connectivity index is 2.27. The second kappa shape index (κ2) is 5.61. The maximum atomic E-state index is 4.99. The first-order valence-electron chi connectivity index (χ1n) is 4.32. The van der Waals surface area contributed by atoms with E-state index in [-0.39, 0.29) is 0 Å². The molecule has 1 rings (SSSR count). The first-order valence-corrected chi connectivity index (χ1v) is 4.32. The number of hydrogen-bond donors (Lipinski definition) is 1. The Labute approximate surface area is 78.3 Å². The van der Waals surface area contributed by atoms with Crippen LogP contribution >= 0.6 is 0 Å². The minimum absolute atomic E-state index is 0.340. The lowest BCUT2D eigenvalue weighted by molar-refractivity contribution is 0.171. The summed E-state index contributed by atoms with van der Waals surface area (Å²) in [5, 5.41) is 11.0. The Hall–Kier alpha value is -1.00. The average Bonchev–Trinajstić information content (AvgIpc) is 2.17. The quantitative estimate of drug-likeness (QED) is 0.722. The molecule has 0 bridgehead atoms. The van der Waals surface area contributed by atoms with Crippen LogP contribution in [0.1, 0.15) is 12.6 Å². The van der Waals surface area contributed by atoms with Gasteiger partial charge in [-0.2, -0.15) is 10.2 Å². The zero-order chi connectivity index (χ0) is 9.52. The third-order valence-corrected chi connectivity index (χ3v) is 1.68. The van der Waals surface area contributed by atoms with Gasteiger partial charge < -0.3 is 10.1 Å². The zero-order valence-electron chi connectivity index (χ0n) is 8.03. The molecule has 0 spiro atoms. The summed E-state index contributed by atoms with van der Waals surface area (Å²) in [4.78, 5) is 0. The SMILES string of the molecule is COCC(C)NCc1cccnn1. The van der Waals surface area contributed by atoms with Crippen LogP contribution in [0.25, 0.3) is 0 Å². The van der Waals surface area contributed by atoms with E-state index in [1.165, 1.54) is 0 Å². The van der Waals surface area contributed by atoms with Gasteiger partial charge in [-0.05, 0) is 19.1 Å². The van der Waals surface area contributed by atoms with E-state index in [9.17, 15) is 0 Å². The summed E-state index contributed by atoms with van der Waals surface area (Å²) < 4.78 is 4.99. The lowest BCUT2D eigenvalue weighted by Crippen LogP contribution is -2.29. The zero-order valence-corrected chi connectivity index (χ0v) is 8.03. The van der Waals surface area contributed by atoms with Crippen molar-refractivity contribution < 1.29 is 4.74 Å². The van der Waals surface area contributed by atoms with Gasteiger partial charge in [0.2, 0.25) is 0 Å². The molecule has 0 saturated carbocycles. The number of aromatic nitrogens is 2. The van der Waals surface area contributed by atoms with Crippen LogP contribution in [0.4, 0.5) is 0 Å². The van der Waals surface area contributed by atoms with Crippen molar-refractivity contribution in [1.29, 1.82) is 0 Å². The van der Waals surface area contributed by atoms with Gasteiger partial charge >= 0.3 is 0 Å². The number of rotatable bonds is 5. The molecular formula is C9H15N3O. The first kappa shape index (κ1) is 10.1. The lowest BCUT2D eigenvalue weighted by atomic mass is 10.3. The molecule has 0 aromatic carbocycles. The molecule has 1 aromatic rings. The summed E-state index contributed by atoms with van der Waals surface area (Å²) >= 11 is 0. The Bertz CT molecular complexity index is 228. The van der Waals surface area contributed by atoms with Crippen LogP contribution in [0.5, 0.6) is 0 Å². The molecule has 0 fully saturated rings. The third-order valence-electron chi connectivity index (χ3n) is 1.68. The number of ether oxygens (including phenoxy) is 1. The molecule has 4 heteroatoms. The molecule has 0 saturated heterocycles. The van der Waals surface area contributed by atoms with Gasteiger partial charge in [-0.3, -0.25) is 0 Å². The van der Waals surface area contributed by atoms with E-state index >= 15 is 0 Å². The number of methoxy groups -OCH3 is 1. The van der Waals surface area contributed by atoms with Gasteiger partial charge in [-0.1, -0.05) is 0 Å². The summed E-state index contributed by atoms with van der Waals surface area (Å²) in [6.07, 6.45) is 1.67. The lowest BCUT2D eigenvalue weighted by Gasteiger charge is -2.11. The minimum atomic E-state index is 0.340. The maximum absolute atomic E-state index is 4.99.